The molecule has 1 aromatic carbocycles. The Morgan fingerprint density at radius 1 is 1.10 bits per heavy atom. The summed E-state index contributed by atoms with van der Waals surface area (Å²) in [5.74, 6) is -0.204. The van der Waals surface area contributed by atoms with Gasteiger partial charge in [0.1, 0.15) is 6.10 Å². The van der Waals surface area contributed by atoms with Crippen molar-refractivity contribution < 1.29 is 38.7 Å². The van der Waals surface area contributed by atoms with Gasteiger partial charge < -0.3 is 29.2 Å². The number of benzene rings is 1. The molecule has 9 nitrogen and oxygen atoms in total. The monoisotopic (exact) mass is 585 g/mol. The third-order valence-corrected chi connectivity index (χ3v) is 9.42. The van der Waals surface area contributed by atoms with E-state index >= 15 is 0 Å². The molecule has 1 spiro atoms. The van der Waals surface area contributed by atoms with Crippen LogP contribution in [0.5, 0.6) is 11.5 Å². The molecule has 42 heavy (non-hydrogen) atoms. The number of carbonyl (C=O) groups excluding carboxylic acids is 2. The van der Waals surface area contributed by atoms with E-state index in [0.29, 0.717) is 18.6 Å². The molecule has 1 fully saturated rings. The lowest BCUT2D eigenvalue weighted by molar-refractivity contribution is -0.178. The maximum Gasteiger partial charge on any atom is 0.339 e. The van der Waals surface area contributed by atoms with Gasteiger partial charge in [0, 0.05) is 12.5 Å². The molecule has 4 atom stereocenters. The van der Waals surface area contributed by atoms with Gasteiger partial charge in [0.05, 0.1) is 24.2 Å². The molecule has 1 aliphatic carbocycles. The summed E-state index contributed by atoms with van der Waals surface area (Å²) in [6.45, 7) is 9.70. The predicted octanol–water partition coefficient (Wildman–Crippen LogP) is 4.56. The molecule has 3 heterocycles. The number of carbonyl (C=O) groups is 2. The predicted molar refractivity (Wildman–Crippen MR) is 156 cm³/mol. The van der Waals surface area contributed by atoms with E-state index in [1.165, 1.54) is 0 Å². The smallest absolute Gasteiger partial charge is 0.339 e. The Balaban J connectivity index is 1.42. The number of aliphatic hydroxyl groups is 2. The lowest BCUT2D eigenvalue weighted by atomic mass is 9.77. The van der Waals surface area contributed by atoms with E-state index < -0.39 is 35.7 Å². The zero-order chi connectivity index (χ0) is 30.1. The highest BCUT2D eigenvalue weighted by molar-refractivity contribution is 5.86. The summed E-state index contributed by atoms with van der Waals surface area (Å²) in [6.07, 6.45) is 7.32. The first kappa shape index (κ1) is 30.8. The lowest BCUT2D eigenvalue weighted by Crippen LogP contribution is -2.49. The second-order valence-electron chi connectivity index (χ2n) is 13.2. The molecule has 1 aromatic rings. The van der Waals surface area contributed by atoms with Crippen LogP contribution in [0.25, 0.3) is 0 Å². The van der Waals surface area contributed by atoms with E-state index in [0.717, 1.165) is 74.1 Å². The van der Waals surface area contributed by atoms with Crippen molar-refractivity contribution >= 4 is 11.9 Å². The van der Waals surface area contributed by atoms with Gasteiger partial charge in [-0.3, -0.25) is 9.69 Å². The molecule has 4 aliphatic rings. The number of hydrogen-bond donors (Lipinski definition) is 2. The molecular weight excluding hydrogens is 538 g/mol. The van der Waals surface area contributed by atoms with Crippen LogP contribution in [-0.2, 0) is 25.5 Å². The average Bonchev–Trinajstić information content (AvgIpc) is 3.59. The van der Waals surface area contributed by atoms with Gasteiger partial charge in [-0.25, -0.2) is 4.79 Å². The van der Waals surface area contributed by atoms with Crippen molar-refractivity contribution in [1.29, 1.82) is 0 Å². The Morgan fingerprint density at radius 2 is 1.86 bits per heavy atom. The van der Waals surface area contributed by atoms with Crippen LogP contribution in [-0.4, -0.2) is 76.4 Å². The van der Waals surface area contributed by atoms with Crippen LogP contribution in [0.1, 0.15) is 103 Å². The van der Waals surface area contributed by atoms with Gasteiger partial charge in [0.15, 0.2) is 17.1 Å². The molecule has 2 N–H and O–H groups in total. The zero-order valence-electron chi connectivity index (χ0n) is 25.6. The number of esters is 2. The van der Waals surface area contributed by atoms with E-state index in [1.807, 2.05) is 13.0 Å². The fraction of sp³-hybridized carbons (Fsp3) is 0.697. The summed E-state index contributed by atoms with van der Waals surface area (Å²) in [5, 5.41) is 22.0. The highest BCUT2D eigenvalue weighted by Crippen LogP contribution is 2.55. The topological polar surface area (TPSA) is 115 Å². The largest absolute Gasteiger partial charge is 0.466 e. The van der Waals surface area contributed by atoms with Gasteiger partial charge >= 0.3 is 11.9 Å². The molecule has 0 aromatic heterocycles. The third kappa shape index (κ3) is 6.19. The molecular formula is C33H47NO8. The first-order valence-electron chi connectivity index (χ1n) is 15.6. The maximum atomic E-state index is 14.0. The van der Waals surface area contributed by atoms with Crippen LogP contribution in [0.15, 0.2) is 23.8 Å². The van der Waals surface area contributed by atoms with Crippen LogP contribution in [0.4, 0.5) is 0 Å². The van der Waals surface area contributed by atoms with E-state index in [4.69, 9.17) is 18.9 Å². The van der Waals surface area contributed by atoms with Crippen molar-refractivity contribution in [3.63, 3.8) is 0 Å². The van der Waals surface area contributed by atoms with Crippen molar-refractivity contribution in [3.8, 4) is 11.5 Å². The van der Waals surface area contributed by atoms with Gasteiger partial charge in [0.25, 0.3) is 0 Å². The van der Waals surface area contributed by atoms with Gasteiger partial charge in [-0.2, -0.15) is 0 Å². The summed E-state index contributed by atoms with van der Waals surface area (Å²) in [6, 6.07) is 4.10. The summed E-state index contributed by atoms with van der Waals surface area (Å²) >= 11 is 0. The molecule has 9 heteroatoms. The second kappa shape index (κ2) is 12.2. The van der Waals surface area contributed by atoms with E-state index in [9.17, 15) is 19.8 Å². The summed E-state index contributed by atoms with van der Waals surface area (Å²) < 4.78 is 23.1. The molecule has 0 saturated carbocycles. The molecule has 0 amide bonds. The number of ether oxygens (including phenoxy) is 4. The standard InChI is InChI=1S/C33H47NO8/c1-5-6-7-16-39-27(35)20-33(38,13-8-11-31(3,4)37)30(36)42-29-22(2)19-32-12-9-14-34(32)15-10-23-17-25-26(41-21-40-25)18-24(23)28(29)32/h17-19,28-29,37-38H,5-16,20-21H2,1-4H3/t28-,29?,32?,33-/m1/s1. The van der Waals surface area contributed by atoms with Crippen LogP contribution in [0, 0.1) is 0 Å². The fourth-order valence-corrected chi connectivity index (χ4v) is 7.33. The Hall–Kier alpha value is -2.62. The minimum atomic E-state index is -2.07. The minimum absolute atomic E-state index is 0.0213. The van der Waals surface area contributed by atoms with E-state index in [2.05, 4.69) is 24.0 Å². The zero-order valence-corrected chi connectivity index (χ0v) is 25.6. The highest BCUT2D eigenvalue weighted by atomic mass is 16.7. The van der Waals surface area contributed by atoms with Crippen LogP contribution in [0.3, 0.4) is 0 Å². The normalized spacial score (nSPS) is 26.0. The van der Waals surface area contributed by atoms with Crippen LogP contribution >= 0.6 is 0 Å². The molecule has 3 aliphatic heterocycles. The van der Waals surface area contributed by atoms with Gasteiger partial charge in [-0.05, 0) is 101 Å². The quantitative estimate of drug-likeness (QED) is 0.207. The molecule has 0 radical (unpaired) electrons. The Kier molecular flexibility index (Phi) is 8.93. The summed E-state index contributed by atoms with van der Waals surface area (Å²) in [4.78, 5) is 29.3. The van der Waals surface area contributed by atoms with Crippen LogP contribution < -0.4 is 9.47 Å². The second-order valence-corrected chi connectivity index (χ2v) is 13.2. The van der Waals surface area contributed by atoms with E-state index in [-0.39, 0.29) is 31.3 Å². The number of fused-ring (bicyclic) bond motifs is 3. The summed E-state index contributed by atoms with van der Waals surface area (Å²) in [5.41, 5.74) is -0.169. The van der Waals surface area contributed by atoms with Crippen molar-refractivity contribution in [2.45, 2.75) is 121 Å². The van der Waals surface area contributed by atoms with E-state index in [1.54, 1.807) is 13.8 Å². The molecule has 232 valence electrons. The van der Waals surface area contributed by atoms with Gasteiger partial charge in [0.2, 0.25) is 6.79 Å². The fourth-order valence-electron chi connectivity index (χ4n) is 7.33. The van der Waals surface area contributed by atoms with Crippen molar-refractivity contribution in [2.24, 2.45) is 0 Å². The number of rotatable bonds is 12. The van der Waals surface area contributed by atoms with Crippen molar-refractivity contribution in [2.75, 3.05) is 26.5 Å². The number of hydrogen-bond acceptors (Lipinski definition) is 9. The highest BCUT2D eigenvalue weighted by Gasteiger charge is 2.57. The van der Waals surface area contributed by atoms with Gasteiger partial charge in [-0.1, -0.05) is 25.8 Å². The maximum absolute atomic E-state index is 14.0. The molecule has 1 saturated heterocycles. The number of unbranched alkanes of at least 4 members (excludes halogenated alkanes) is 2. The first-order valence-corrected chi connectivity index (χ1v) is 15.6. The Labute approximate surface area is 249 Å². The van der Waals surface area contributed by atoms with Crippen LogP contribution in [0.2, 0.25) is 0 Å². The molecule has 0 bridgehead atoms. The summed E-state index contributed by atoms with van der Waals surface area (Å²) in [7, 11) is 0. The Bertz CT molecular complexity index is 1210. The lowest BCUT2D eigenvalue weighted by Gasteiger charge is -2.40. The minimum Gasteiger partial charge on any atom is -0.466 e. The average molecular weight is 586 g/mol. The first-order chi connectivity index (χ1) is 20.0. The Morgan fingerprint density at radius 3 is 2.60 bits per heavy atom. The third-order valence-electron chi connectivity index (χ3n) is 9.42. The molecule has 5 rings (SSSR count). The molecule has 2 unspecified atom stereocenters. The SMILES string of the molecule is CCCCCOC(=O)C[C@](O)(CCCC(C)(C)O)C(=O)OC1C(C)=CC23CCCN2CCc2cc4c(cc2[C@H]13)OCO4. The van der Waals surface area contributed by atoms with Gasteiger partial charge in [-0.15, -0.1) is 0 Å². The van der Waals surface area contributed by atoms with Crippen molar-refractivity contribution in [3.05, 3.63) is 34.9 Å². The van der Waals surface area contributed by atoms with Crippen molar-refractivity contribution in [1.82, 2.24) is 4.90 Å². The number of nitrogens with zero attached hydrogens (tertiary/aromatic N) is 1.